The molecular weight excluding hydrogens is 402 g/mol. The third-order valence-electron chi connectivity index (χ3n) is 4.71. The lowest BCUT2D eigenvalue weighted by Gasteiger charge is -2.13. The Morgan fingerprint density at radius 1 is 1.12 bits per heavy atom. The molecule has 0 aliphatic carbocycles. The molecule has 2 aromatic carbocycles. The molecule has 0 amide bonds. The van der Waals surface area contributed by atoms with Crippen molar-refractivity contribution in [1.29, 1.82) is 0 Å². The van der Waals surface area contributed by atoms with E-state index in [1.807, 2.05) is 42.1 Å². The molecule has 1 aromatic heterocycles. The minimum Gasteiger partial charge on any atom is -0.493 e. The normalized spacial score (nSPS) is 11.0. The zero-order chi connectivity index (χ0) is 22.6. The number of ether oxygens (including phenoxy) is 2. The van der Waals surface area contributed by atoms with Gasteiger partial charge in [0.2, 0.25) is 0 Å². The first-order valence-corrected chi connectivity index (χ1v) is 10.6. The highest BCUT2D eigenvalue weighted by molar-refractivity contribution is 5.79. The monoisotopic (exact) mass is 431 g/mol. The largest absolute Gasteiger partial charge is 0.493 e. The molecule has 2 N–H and O–H groups in total. The number of nitrogens with one attached hydrogen (secondary N) is 2. The third kappa shape index (κ3) is 6.54. The van der Waals surface area contributed by atoms with E-state index in [2.05, 4.69) is 50.9 Å². The van der Waals surface area contributed by atoms with Gasteiger partial charge in [-0.2, -0.15) is 5.10 Å². The Labute approximate surface area is 189 Å². The van der Waals surface area contributed by atoms with Crippen LogP contribution in [0.25, 0.3) is 5.69 Å². The molecule has 1 heterocycles. The summed E-state index contributed by atoms with van der Waals surface area (Å²) in [7, 11) is 1.61. The summed E-state index contributed by atoms with van der Waals surface area (Å²) in [5.74, 6) is 4.51. The maximum absolute atomic E-state index is 5.57. The van der Waals surface area contributed by atoms with Crippen molar-refractivity contribution in [3.8, 4) is 29.5 Å². The van der Waals surface area contributed by atoms with Gasteiger partial charge < -0.3 is 20.1 Å². The van der Waals surface area contributed by atoms with Gasteiger partial charge in [-0.3, -0.25) is 0 Å². The number of guanidine groups is 1. The molecule has 0 aliphatic heterocycles. The fourth-order valence-corrected chi connectivity index (χ4v) is 3.13. The second-order valence-electron chi connectivity index (χ2n) is 6.97. The van der Waals surface area contributed by atoms with Crippen molar-refractivity contribution in [2.75, 3.05) is 26.8 Å². The highest BCUT2D eigenvalue weighted by Crippen LogP contribution is 2.28. The Kier molecular flexibility index (Phi) is 8.58. The summed E-state index contributed by atoms with van der Waals surface area (Å²) in [6.07, 6.45) is 9.89. The van der Waals surface area contributed by atoms with Crippen molar-refractivity contribution < 1.29 is 9.47 Å². The van der Waals surface area contributed by atoms with Crippen molar-refractivity contribution >= 4 is 5.96 Å². The molecule has 7 heteroatoms. The molecule has 0 unspecified atom stereocenters. The lowest BCUT2D eigenvalue weighted by Crippen LogP contribution is -2.38. The number of aliphatic imine (C=N–C) groups is 1. The maximum atomic E-state index is 5.57. The lowest BCUT2D eigenvalue weighted by atomic mass is 10.1. The van der Waals surface area contributed by atoms with Gasteiger partial charge in [-0.25, -0.2) is 9.67 Å². The van der Waals surface area contributed by atoms with Crippen molar-refractivity contribution in [2.45, 2.75) is 19.9 Å². The molecule has 0 aliphatic rings. The van der Waals surface area contributed by atoms with Gasteiger partial charge in [-0.15, -0.1) is 6.42 Å². The minimum atomic E-state index is 0.191. The van der Waals surface area contributed by atoms with Crippen LogP contribution in [-0.4, -0.2) is 42.5 Å². The molecule has 0 atom stereocenters. The summed E-state index contributed by atoms with van der Waals surface area (Å²) < 4.78 is 12.7. The number of terminal acetylenes is 1. The number of aromatic nitrogens is 2. The first kappa shape index (κ1) is 22.8. The van der Waals surface area contributed by atoms with Gasteiger partial charge in [-0.05, 0) is 54.8 Å². The Morgan fingerprint density at radius 2 is 1.94 bits per heavy atom. The van der Waals surface area contributed by atoms with Gasteiger partial charge in [0.25, 0.3) is 0 Å². The fraction of sp³-hybridized carbons (Fsp3) is 0.280. The lowest BCUT2D eigenvalue weighted by molar-refractivity contribution is 0.330. The SMILES string of the molecule is C#CCOc1cc(CN=C(NCC)NCCc2ccc(-n3cccn3)cc2)ccc1OC. The molecule has 0 saturated carbocycles. The molecule has 0 saturated heterocycles. The molecule has 7 nitrogen and oxygen atoms in total. The predicted molar refractivity (Wildman–Crippen MR) is 127 cm³/mol. The highest BCUT2D eigenvalue weighted by atomic mass is 16.5. The van der Waals surface area contributed by atoms with Crippen LogP contribution in [0.2, 0.25) is 0 Å². The van der Waals surface area contributed by atoms with Crippen LogP contribution in [0, 0.1) is 12.3 Å². The standard InChI is InChI=1S/C25H29N5O2/c1-4-17-32-24-18-21(9-12-23(24)31-3)19-28-25(26-5-2)27-15-13-20-7-10-22(11-8-20)30-16-6-14-29-30/h1,6-12,14,16,18H,5,13,15,17,19H2,2-3H3,(H2,26,27,28). The maximum Gasteiger partial charge on any atom is 0.191 e. The second kappa shape index (κ2) is 12.1. The summed E-state index contributed by atoms with van der Waals surface area (Å²) in [5.41, 5.74) is 3.30. The first-order valence-electron chi connectivity index (χ1n) is 10.6. The highest BCUT2D eigenvalue weighted by Gasteiger charge is 2.06. The summed E-state index contributed by atoms with van der Waals surface area (Å²) in [6.45, 7) is 4.29. The summed E-state index contributed by atoms with van der Waals surface area (Å²) >= 11 is 0. The van der Waals surface area contributed by atoms with E-state index in [1.165, 1.54) is 5.56 Å². The summed E-state index contributed by atoms with van der Waals surface area (Å²) in [6, 6.07) is 16.0. The number of methoxy groups -OCH3 is 1. The molecular formula is C25H29N5O2. The zero-order valence-corrected chi connectivity index (χ0v) is 18.5. The van der Waals surface area contributed by atoms with Crippen LogP contribution in [0.4, 0.5) is 0 Å². The second-order valence-corrected chi connectivity index (χ2v) is 6.97. The fourth-order valence-electron chi connectivity index (χ4n) is 3.13. The summed E-state index contributed by atoms with van der Waals surface area (Å²) in [4.78, 5) is 4.69. The van der Waals surface area contributed by atoms with E-state index in [0.29, 0.717) is 18.0 Å². The van der Waals surface area contributed by atoms with Crippen molar-refractivity contribution in [3.05, 3.63) is 72.1 Å². The topological polar surface area (TPSA) is 72.7 Å². The van der Waals surface area contributed by atoms with Crippen molar-refractivity contribution in [1.82, 2.24) is 20.4 Å². The number of rotatable bonds is 10. The van der Waals surface area contributed by atoms with Gasteiger partial charge >= 0.3 is 0 Å². The number of hydrogen-bond acceptors (Lipinski definition) is 4. The molecule has 3 aromatic rings. The van der Waals surface area contributed by atoms with E-state index in [-0.39, 0.29) is 6.61 Å². The van der Waals surface area contributed by atoms with Gasteiger partial charge in [0.15, 0.2) is 17.5 Å². The van der Waals surface area contributed by atoms with Crippen LogP contribution in [0.3, 0.4) is 0 Å². The van der Waals surface area contributed by atoms with Crippen LogP contribution in [0.1, 0.15) is 18.1 Å². The van der Waals surface area contributed by atoms with Gasteiger partial charge in [-0.1, -0.05) is 24.1 Å². The Hall–Kier alpha value is -3.92. The Bertz CT molecular complexity index is 1040. The van der Waals surface area contributed by atoms with Gasteiger partial charge in [0.05, 0.1) is 19.3 Å². The van der Waals surface area contributed by atoms with Crippen LogP contribution in [0.5, 0.6) is 11.5 Å². The van der Waals surface area contributed by atoms with Gasteiger partial charge in [0.1, 0.15) is 6.61 Å². The first-order chi connectivity index (χ1) is 15.7. The molecule has 3 rings (SSSR count). The summed E-state index contributed by atoms with van der Waals surface area (Å²) in [5, 5.41) is 10.9. The minimum absolute atomic E-state index is 0.191. The average molecular weight is 432 g/mol. The van der Waals surface area contributed by atoms with Crippen LogP contribution in [0.15, 0.2) is 65.9 Å². The van der Waals surface area contributed by atoms with Crippen LogP contribution < -0.4 is 20.1 Å². The zero-order valence-electron chi connectivity index (χ0n) is 18.5. The predicted octanol–water partition coefficient (Wildman–Crippen LogP) is 3.19. The van der Waals surface area contributed by atoms with Gasteiger partial charge in [0, 0.05) is 25.5 Å². The van der Waals surface area contributed by atoms with E-state index >= 15 is 0 Å². The van der Waals surface area contributed by atoms with Crippen LogP contribution >= 0.6 is 0 Å². The molecule has 0 radical (unpaired) electrons. The Morgan fingerprint density at radius 3 is 2.62 bits per heavy atom. The number of hydrogen-bond donors (Lipinski definition) is 2. The van der Waals surface area contributed by atoms with E-state index in [4.69, 9.17) is 15.9 Å². The molecule has 0 fully saturated rings. The van der Waals surface area contributed by atoms with E-state index in [1.54, 1.807) is 13.3 Å². The average Bonchev–Trinajstić information content (AvgIpc) is 3.36. The molecule has 166 valence electrons. The van der Waals surface area contributed by atoms with E-state index in [0.717, 1.165) is 36.7 Å². The molecule has 0 spiro atoms. The smallest absolute Gasteiger partial charge is 0.191 e. The van der Waals surface area contributed by atoms with E-state index < -0.39 is 0 Å². The van der Waals surface area contributed by atoms with Crippen molar-refractivity contribution in [2.24, 2.45) is 4.99 Å². The molecule has 32 heavy (non-hydrogen) atoms. The Balaban J connectivity index is 1.56. The van der Waals surface area contributed by atoms with Crippen LogP contribution in [-0.2, 0) is 13.0 Å². The number of nitrogens with zero attached hydrogens (tertiary/aromatic N) is 3. The number of benzene rings is 2. The third-order valence-corrected chi connectivity index (χ3v) is 4.71. The van der Waals surface area contributed by atoms with E-state index in [9.17, 15) is 0 Å². The van der Waals surface area contributed by atoms with Crippen molar-refractivity contribution in [3.63, 3.8) is 0 Å². The molecule has 0 bridgehead atoms. The quantitative estimate of drug-likeness (QED) is 0.293.